The van der Waals surface area contributed by atoms with Gasteiger partial charge in [0.2, 0.25) is 5.56 Å². The first kappa shape index (κ1) is 20.6. The molecule has 0 aliphatic carbocycles. The van der Waals surface area contributed by atoms with Crippen molar-refractivity contribution in [2.24, 2.45) is 0 Å². The SMILES string of the molecule is O=C(Nc1cccc(S(=O)(=O)Nc2ccccc2Cl)c1)c1cc(=O)[nH]c2ccccc12. The van der Waals surface area contributed by atoms with E-state index >= 15 is 0 Å². The van der Waals surface area contributed by atoms with Crippen LogP contribution in [-0.4, -0.2) is 19.3 Å². The van der Waals surface area contributed by atoms with Crippen molar-refractivity contribution in [3.8, 4) is 0 Å². The number of pyridine rings is 1. The van der Waals surface area contributed by atoms with Gasteiger partial charge in [-0.15, -0.1) is 0 Å². The van der Waals surface area contributed by atoms with Crippen LogP contribution in [0.3, 0.4) is 0 Å². The third-order valence-electron chi connectivity index (χ3n) is 4.52. The van der Waals surface area contributed by atoms with Gasteiger partial charge < -0.3 is 10.3 Å². The molecule has 4 aromatic rings. The largest absolute Gasteiger partial charge is 0.322 e. The summed E-state index contributed by atoms with van der Waals surface area (Å²) in [6, 6.07) is 20.4. The fraction of sp³-hybridized carbons (Fsp3) is 0. The number of halogens is 1. The average Bonchev–Trinajstić information content (AvgIpc) is 2.75. The van der Waals surface area contributed by atoms with Crippen LogP contribution in [0.1, 0.15) is 10.4 Å². The number of amides is 1. The first-order chi connectivity index (χ1) is 14.8. The Morgan fingerprint density at radius 2 is 1.65 bits per heavy atom. The third-order valence-corrected chi connectivity index (χ3v) is 6.21. The van der Waals surface area contributed by atoms with Gasteiger partial charge in [0, 0.05) is 22.7 Å². The van der Waals surface area contributed by atoms with E-state index in [0.717, 1.165) is 0 Å². The molecule has 0 fully saturated rings. The second kappa shape index (κ2) is 8.25. The topological polar surface area (TPSA) is 108 Å². The normalized spacial score (nSPS) is 11.3. The van der Waals surface area contributed by atoms with E-state index < -0.39 is 21.5 Å². The molecule has 1 amide bonds. The molecule has 0 radical (unpaired) electrons. The predicted molar refractivity (Wildman–Crippen MR) is 121 cm³/mol. The molecule has 0 saturated heterocycles. The number of fused-ring (bicyclic) bond motifs is 1. The summed E-state index contributed by atoms with van der Waals surface area (Å²) in [5, 5.41) is 3.49. The van der Waals surface area contributed by atoms with Crippen molar-refractivity contribution in [1.82, 2.24) is 4.98 Å². The third kappa shape index (κ3) is 4.45. The van der Waals surface area contributed by atoms with Crippen LogP contribution in [0.15, 0.2) is 88.6 Å². The van der Waals surface area contributed by atoms with E-state index in [0.29, 0.717) is 10.9 Å². The number of aromatic nitrogens is 1. The fourth-order valence-electron chi connectivity index (χ4n) is 3.08. The molecule has 0 aliphatic rings. The van der Waals surface area contributed by atoms with E-state index in [1.54, 1.807) is 54.6 Å². The maximum atomic E-state index is 12.8. The summed E-state index contributed by atoms with van der Waals surface area (Å²) >= 11 is 6.03. The number of hydrogen-bond donors (Lipinski definition) is 3. The summed E-state index contributed by atoms with van der Waals surface area (Å²) in [5.41, 5.74) is 0.802. The molecule has 0 spiro atoms. The Hall–Kier alpha value is -3.62. The van der Waals surface area contributed by atoms with Gasteiger partial charge in [0.1, 0.15) is 0 Å². The predicted octanol–water partition coefficient (Wildman–Crippen LogP) is 4.23. The van der Waals surface area contributed by atoms with Crippen LogP contribution >= 0.6 is 11.6 Å². The van der Waals surface area contributed by atoms with Crippen LogP contribution < -0.4 is 15.6 Å². The van der Waals surface area contributed by atoms with Crippen LogP contribution in [0, 0.1) is 0 Å². The number of rotatable bonds is 5. The molecule has 0 bridgehead atoms. The highest BCUT2D eigenvalue weighted by Gasteiger charge is 2.17. The van der Waals surface area contributed by atoms with E-state index in [1.165, 1.54) is 24.3 Å². The van der Waals surface area contributed by atoms with Gasteiger partial charge in [0.25, 0.3) is 15.9 Å². The van der Waals surface area contributed by atoms with Gasteiger partial charge in [0.15, 0.2) is 0 Å². The lowest BCUT2D eigenvalue weighted by atomic mass is 10.1. The summed E-state index contributed by atoms with van der Waals surface area (Å²) in [6.45, 7) is 0. The van der Waals surface area contributed by atoms with Crippen molar-refractivity contribution in [3.63, 3.8) is 0 Å². The first-order valence-electron chi connectivity index (χ1n) is 9.14. The second-order valence-electron chi connectivity index (χ2n) is 6.66. The maximum Gasteiger partial charge on any atom is 0.262 e. The van der Waals surface area contributed by atoms with Crippen molar-refractivity contribution in [2.75, 3.05) is 10.0 Å². The molecule has 0 unspecified atom stereocenters. The molecular formula is C22H16ClN3O4S. The Morgan fingerprint density at radius 3 is 2.45 bits per heavy atom. The number of anilines is 2. The van der Waals surface area contributed by atoms with Crippen molar-refractivity contribution in [3.05, 3.63) is 99.8 Å². The Labute approximate surface area is 182 Å². The highest BCUT2D eigenvalue weighted by Crippen LogP contribution is 2.25. The van der Waals surface area contributed by atoms with Gasteiger partial charge in [0.05, 0.1) is 21.2 Å². The minimum atomic E-state index is -3.94. The lowest BCUT2D eigenvalue weighted by Gasteiger charge is -2.12. The fourth-order valence-corrected chi connectivity index (χ4v) is 4.44. The van der Waals surface area contributed by atoms with Crippen molar-refractivity contribution >= 4 is 49.8 Å². The van der Waals surface area contributed by atoms with Gasteiger partial charge in [-0.2, -0.15) is 0 Å². The van der Waals surface area contributed by atoms with Crippen LogP contribution in [-0.2, 0) is 10.0 Å². The number of para-hydroxylation sites is 2. The zero-order valence-corrected chi connectivity index (χ0v) is 17.5. The molecule has 4 rings (SSSR count). The number of carbonyl (C=O) groups excluding carboxylic acids is 1. The summed E-state index contributed by atoms with van der Waals surface area (Å²) in [4.78, 5) is 27.4. The molecule has 9 heteroatoms. The van der Waals surface area contributed by atoms with Crippen LogP contribution in [0.2, 0.25) is 5.02 Å². The summed E-state index contributed by atoms with van der Waals surface area (Å²) < 4.78 is 27.9. The minimum absolute atomic E-state index is 0.0546. The summed E-state index contributed by atoms with van der Waals surface area (Å²) in [5.74, 6) is -0.532. The van der Waals surface area contributed by atoms with E-state index in [9.17, 15) is 18.0 Å². The first-order valence-corrected chi connectivity index (χ1v) is 11.0. The number of carbonyl (C=O) groups is 1. The van der Waals surface area contributed by atoms with E-state index in [4.69, 9.17) is 11.6 Å². The summed E-state index contributed by atoms with van der Waals surface area (Å²) in [6.07, 6.45) is 0. The van der Waals surface area contributed by atoms with Crippen LogP contribution in [0.25, 0.3) is 10.9 Å². The minimum Gasteiger partial charge on any atom is -0.322 e. The molecule has 0 saturated carbocycles. The highest BCUT2D eigenvalue weighted by molar-refractivity contribution is 7.92. The van der Waals surface area contributed by atoms with Gasteiger partial charge in [-0.1, -0.05) is 48.0 Å². The lowest BCUT2D eigenvalue weighted by molar-refractivity contribution is 0.102. The number of H-pyrrole nitrogens is 1. The second-order valence-corrected chi connectivity index (χ2v) is 8.75. The standard InChI is InChI=1S/C22H16ClN3O4S/c23-18-9-2-4-11-20(18)26-31(29,30)15-7-5-6-14(12-15)24-22(28)17-13-21(27)25-19-10-3-1-8-16(17)19/h1-13,26H,(H,24,28)(H,25,27). The average molecular weight is 454 g/mol. The lowest BCUT2D eigenvalue weighted by Crippen LogP contribution is -2.17. The highest BCUT2D eigenvalue weighted by atomic mass is 35.5. The molecule has 1 heterocycles. The van der Waals surface area contributed by atoms with E-state index in [2.05, 4.69) is 15.0 Å². The Bertz CT molecular complexity index is 1470. The Morgan fingerprint density at radius 1 is 0.903 bits per heavy atom. The summed E-state index contributed by atoms with van der Waals surface area (Å²) in [7, 11) is -3.94. The molecular weight excluding hydrogens is 438 g/mol. The Balaban J connectivity index is 1.63. The van der Waals surface area contributed by atoms with Gasteiger partial charge >= 0.3 is 0 Å². The van der Waals surface area contributed by atoms with Crippen LogP contribution in [0.4, 0.5) is 11.4 Å². The van der Waals surface area contributed by atoms with Crippen molar-refractivity contribution in [2.45, 2.75) is 4.90 Å². The van der Waals surface area contributed by atoms with Gasteiger partial charge in [-0.25, -0.2) is 8.42 Å². The molecule has 1 aromatic heterocycles. The number of sulfonamides is 1. The Kier molecular flexibility index (Phi) is 5.50. The molecule has 3 aromatic carbocycles. The van der Waals surface area contributed by atoms with Gasteiger partial charge in [-0.3, -0.25) is 14.3 Å². The maximum absolute atomic E-state index is 12.8. The van der Waals surface area contributed by atoms with Crippen molar-refractivity contribution in [1.29, 1.82) is 0 Å². The number of benzene rings is 3. The monoisotopic (exact) mass is 453 g/mol. The van der Waals surface area contributed by atoms with Crippen LogP contribution in [0.5, 0.6) is 0 Å². The number of nitrogens with one attached hydrogen (secondary N) is 3. The molecule has 3 N–H and O–H groups in total. The van der Waals surface area contributed by atoms with E-state index in [-0.39, 0.29) is 26.9 Å². The molecule has 31 heavy (non-hydrogen) atoms. The smallest absolute Gasteiger partial charge is 0.262 e. The molecule has 0 aliphatic heterocycles. The number of aromatic amines is 1. The van der Waals surface area contributed by atoms with Gasteiger partial charge in [-0.05, 0) is 36.4 Å². The molecule has 156 valence electrons. The van der Waals surface area contributed by atoms with E-state index in [1.807, 2.05) is 0 Å². The molecule has 7 nitrogen and oxygen atoms in total. The van der Waals surface area contributed by atoms with Crippen molar-refractivity contribution < 1.29 is 13.2 Å². The number of hydrogen-bond acceptors (Lipinski definition) is 4. The zero-order valence-electron chi connectivity index (χ0n) is 15.9. The molecule has 0 atom stereocenters. The zero-order chi connectivity index (χ0) is 22.0. The quantitative estimate of drug-likeness (QED) is 0.420.